The average Bonchev–Trinajstić information content (AvgIpc) is 3.73. The van der Waals surface area contributed by atoms with Crippen LogP contribution in [0, 0.1) is 0 Å². The van der Waals surface area contributed by atoms with Crippen LogP contribution in [-0.2, 0) is 0 Å². The fraction of sp³-hybridized carbons (Fsp3) is 0.0923. The molecule has 2 heteroatoms. The molecule has 11 aromatic rings. The number of allylic oxidation sites excluding steroid dienone is 3. The van der Waals surface area contributed by atoms with Crippen molar-refractivity contribution in [2.75, 3.05) is 0 Å². The summed E-state index contributed by atoms with van der Waals surface area (Å²) in [4.78, 5) is 5.80. The van der Waals surface area contributed by atoms with Gasteiger partial charge in [0.2, 0.25) is 0 Å². The van der Waals surface area contributed by atoms with Gasteiger partial charge in [0.05, 0.1) is 22.4 Å². The Morgan fingerprint density at radius 2 is 0.970 bits per heavy atom. The van der Waals surface area contributed by atoms with Gasteiger partial charge in [0.15, 0.2) is 0 Å². The van der Waals surface area contributed by atoms with Crippen molar-refractivity contribution >= 4 is 71.1 Å². The third-order valence-electron chi connectivity index (χ3n) is 13.9. The van der Waals surface area contributed by atoms with Crippen LogP contribution < -0.4 is 0 Å². The molecule has 0 bridgehead atoms. The lowest BCUT2D eigenvalue weighted by Gasteiger charge is -2.19. The van der Waals surface area contributed by atoms with E-state index in [4.69, 9.17) is 4.99 Å². The fourth-order valence-corrected chi connectivity index (χ4v) is 10.3. The molecule has 0 amide bonds. The summed E-state index contributed by atoms with van der Waals surface area (Å²) in [6, 6.07) is 79.7. The first-order valence-electron chi connectivity index (χ1n) is 23.7. The van der Waals surface area contributed by atoms with Gasteiger partial charge in [-0.2, -0.15) is 0 Å². The summed E-state index contributed by atoms with van der Waals surface area (Å²) >= 11 is 0. The third kappa shape index (κ3) is 7.45. The summed E-state index contributed by atoms with van der Waals surface area (Å²) in [5, 5.41) is 10.00. The first kappa shape index (κ1) is 41.6. The van der Waals surface area contributed by atoms with Gasteiger partial charge in [-0.25, -0.2) is 4.99 Å². The molecule has 0 spiro atoms. The third-order valence-corrected chi connectivity index (χ3v) is 13.9. The van der Waals surface area contributed by atoms with E-state index < -0.39 is 0 Å². The van der Waals surface area contributed by atoms with Gasteiger partial charge >= 0.3 is 0 Å². The Morgan fingerprint density at radius 3 is 1.69 bits per heavy atom. The molecule has 11 rings (SSSR count). The predicted octanol–water partition coefficient (Wildman–Crippen LogP) is 18.1. The minimum atomic E-state index is 0.841. The fourth-order valence-electron chi connectivity index (χ4n) is 10.3. The number of hydrogen-bond donors (Lipinski definition) is 0. The summed E-state index contributed by atoms with van der Waals surface area (Å²) in [6.45, 7) is 9.01. The molecule has 10 aromatic carbocycles. The summed E-state index contributed by atoms with van der Waals surface area (Å²) in [5.41, 5.74) is 17.7. The van der Waals surface area contributed by atoms with Crippen molar-refractivity contribution in [3.8, 4) is 27.9 Å². The Kier molecular flexibility index (Phi) is 11.0. The van der Waals surface area contributed by atoms with Crippen LogP contribution >= 0.6 is 0 Å². The summed E-state index contributed by atoms with van der Waals surface area (Å²) in [6.07, 6.45) is 1.73. The average molecular weight is 861 g/mol. The van der Waals surface area contributed by atoms with Crippen molar-refractivity contribution in [1.82, 2.24) is 4.57 Å². The summed E-state index contributed by atoms with van der Waals surface area (Å²) in [5.74, 6) is 0. The lowest BCUT2D eigenvalue weighted by atomic mass is 9.88. The topological polar surface area (TPSA) is 17.3 Å². The zero-order valence-electron chi connectivity index (χ0n) is 38.6. The first-order valence-corrected chi connectivity index (χ1v) is 23.7. The molecule has 0 atom stereocenters. The number of fused-ring (bicyclic) bond motifs is 9. The minimum absolute atomic E-state index is 0.841. The van der Waals surface area contributed by atoms with Crippen LogP contribution in [0.15, 0.2) is 235 Å². The van der Waals surface area contributed by atoms with E-state index in [1.807, 2.05) is 0 Å². The first-order chi connectivity index (χ1) is 33.0. The molecule has 0 aliphatic carbocycles. The molecule has 0 fully saturated rings. The Morgan fingerprint density at radius 1 is 0.403 bits per heavy atom. The lowest BCUT2D eigenvalue weighted by molar-refractivity contribution is 1.09. The zero-order valence-corrected chi connectivity index (χ0v) is 38.6. The van der Waals surface area contributed by atoms with Gasteiger partial charge in [0.25, 0.3) is 0 Å². The highest BCUT2D eigenvalue weighted by molar-refractivity contribution is 6.29. The number of hydrogen-bond acceptors (Lipinski definition) is 1. The van der Waals surface area contributed by atoms with Crippen LogP contribution in [0.1, 0.15) is 57.2 Å². The highest BCUT2D eigenvalue weighted by Crippen LogP contribution is 2.43. The maximum Gasteiger partial charge on any atom is 0.0744 e. The monoisotopic (exact) mass is 860 g/mol. The smallest absolute Gasteiger partial charge is 0.0744 e. The summed E-state index contributed by atoms with van der Waals surface area (Å²) in [7, 11) is 0. The van der Waals surface area contributed by atoms with Gasteiger partial charge in [0.1, 0.15) is 0 Å². The Labute approximate surface area is 393 Å². The Bertz CT molecular complexity index is 3740. The molecule has 0 aliphatic heterocycles. The van der Waals surface area contributed by atoms with Crippen molar-refractivity contribution in [2.24, 2.45) is 4.99 Å². The van der Waals surface area contributed by atoms with Crippen LogP contribution in [0.5, 0.6) is 0 Å². The van der Waals surface area contributed by atoms with E-state index in [1.165, 1.54) is 98.7 Å². The van der Waals surface area contributed by atoms with Crippen LogP contribution in [0.4, 0.5) is 0 Å². The molecule has 2 nitrogen and oxygen atoms in total. The van der Waals surface area contributed by atoms with E-state index in [-0.39, 0.29) is 0 Å². The van der Waals surface area contributed by atoms with Gasteiger partial charge in [-0.1, -0.05) is 196 Å². The van der Waals surface area contributed by atoms with Gasteiger partial charge in [-0.3, -0.25) is 0 Å². The second-order valence-corrected chi connectivity index (χ2v) is 17.7. The molecule has 0 N–H and O–H groups in total. The normalized spacial score (nSPS) is 12.9. The Hall–Kier alpha value is -8.07. The molecule has 0 saturated heterocycles. The number of aliphatic imine (C=N–C) groups is 1. The van der Waals surface area contributed by atoms with Gasteiger partial charge in [-0.15, -0.1) is 0 Å². The van der Waals surface area contributed by atoms with Crippen molar-refractivity contribution in [3.05, 3.63) is 246 Å². The Balaban J connectivity index is 1.10. The highest BCUT2D eigenvalue weighted by Gasteiger charge is 2.20. The van der Waals surface area contributed by atoms with Crippen molar-refractivity contribution in [2.45, 2.75) is 40.5 Å². The molecule has 1 heterocycles. The van der Waals surface area contributed by atoms with Crippen LogP contribution in [0.25, 0.3) is 93.3 Å². The van der Waals surface area contributed by atoms with Crippen LogP contribution in [0.2, 0.25) is 0 Å². The largest absolute Gasteiger partial charge is 0.309 e. The van der Waals surface area contributed by atoms with Gasteiger partial charge in [0, 0.05) is 27.6 Å². The molecular formula is C65H52N2. The number of nitrogens with zero attached hydrogens (tertiary/aromatic N) is 2. The molecular weight excluding hydrogens is 809 g/mol. The zero-order chi connectivity index (χ0) is 45.4. The maximum absolute atomic E-state index is 5.80. The predicted molar refractivity (Wildman–Crippen MR) is 289 cm³/mol. The van der Waals surface area contributed by atoms with E-state index in [2.05, 4.69) is 251 Å². The maximum atomic E-state index is 5.80. The summed E-state index contributed by atoms with van der Waals surface area (Å²) < 4.78 is 2.39. The van der Waals surface area contributed by atoms with Crippen molar-refractivity contribution in [3.63, 3.8) is 0 Å². The lowest BCUT2D eigenvalue weighted by Crippen LogP contribution is -2.08. The molecule has 322 valence electrons. The van der Waals surface area contributed by atoms with Crippen molar-refractivity contribution in [1.29, 1.82) is 0 Å². The molecule has 0 saturated carbocycles. The second-order valence-electron chi connectivity index (χ2n) is 17.7. The van der Waals surface area contributed by atoms with Gasteiger partial charge in [-0.05, 0) is 140 Å². The molecule has 0 unspecified atom stereocenters. The molecule has 67 heavy (non-hydrogen) atoms. The SMILES string of the molecule is CC/C(C)=C(/N=C(/C(CC)=C(\C)c1ccc(-c2ccccc2)cc1)c1ccccc1)c1ccc2c(c1)c1ccccc1c1cccc(-c3ccc4c(c3)c3ccccc3n4-c3ccccc3)c12. The highest BCUT2D eigenvalue weighted by atomic mass is 15.0. The molecule has 0 radical (unpaired) electrons. The van der Waals surface area contributed by atoms with Crippen LogP contribution in [0.3, 0.4) is 0 Å². The van der Waals surface area contributed by atoms with Crippen LogP contribution in [-0.4, -0.2) is 10.3 Å². The van der Waals surface area contributed by atoms with E-state index in [0.29, 0.717) is 0 Å². The second kappa shape index (κ2) is 17.7. The molecule has 0 aliphatic rings. The number of aromatic nitrogens is 1. The number of rotatable bonds is 10. The number of para-hydroxylation sites is 2. The number of benzene rings is 10. The van der Waals surface area contributed by atoms with Crippen molar-refractivity contribution < 1.29 is 0 Å². The van der Waals surface area contributed by atoms with E-state index in [0.717, 1.165) is 41.1 Å². The van der Waals surface area contributed by atoms with Gasteiger partial charge < -0.3 is 4.57 Å². The standard InChI is InChI=1S/C65H52N2/c1-5-43(3)64(66-65(48-23-12-8-13-24-48)52(6-2)44(4)45-33-35-47(36-34-45)46-21-10-7-11-22-46)50-37-39-58-59(42-50)55-28-17-16-27-54(55)57-31-20-30-53(63(57)58)49-38-40-62-60(41-49)56-29-18-19-32-61(56)67(62)51-25-14-9-15-26-51/h7-42H,5-6H2,1-4H3/b52-44+,64-43+,66-65+. The van der Waals surface area contributed by atoms with E-state index in [9.17, 15) is 0 Å². The minimum Gasteiger partial charge on any atom is -0.309 e. The van der Waals surface area contributed by atoms with E-state index in [1.54, 1.807) is 0 Å². The quantitative estimate of drug-likeness (QED) is 0.0963. The molecule has 1 aromatic heterocycles. The van der Waals surface area contributed by atoms with E-state index >= 15 is 0 Å².